The zero-order valence-corrected chi connectivity index (χ0v) is 14.3. The maximum atomic E-state index is 4.75. The third-order valence-electron chi connectivity index (χ3n) is 4.71. The van der Waals surface area contributed by atoms with Gasteiger partial charge in [0.1, 0.15) is 17.0 Å². The first kappa shape index (κ1) is 14.1. The van der Waals surface area contributed by atoms with Crippen LogP contribution in [-0.4, -0.2) is 31.0 Å². The van der Waals surface area contributed by atoms with Crippen molar-refractivity contribution in [3.05, 3.63) is 58.5 Å². The quantitative estimate of drug-likeness (QED) is 0.564. The molecule has 1 aromatic carbocycles. The predicted molar refractivity (Wildman–Crippen MR) is 95.2 cm³/mol. The Morgan fingerprint density at radius 2 is 2.08 bits per heavy atom. The Labute approximate surface area is 143 Å². The molecule has 0 saturated carbocycles. The molecular formula is C18H17N5S. The van der Waals surface area contributed by atoms with Gasteiger partial charge in [0.15, 0.2) is 5.65 Å². The first-order valence-electron chi connectivity index (χ1n) is 8.16. The average Bonchev–Trinajstić information content (AvgIpc) is 3.19. The molecule has 0 unspecified atom stereocenters. The van der Waals surface area contributed by atoms with Gasteiger partial charge < -0.3 is 0 Å². The molecule has 120 valence electrons. The van der Waals surface area contributed by atoms with Crippen molar-refractivity contribution in [3.8, 4) is 0 Å². The molecule has 1 aliphatic rings. The predicted octanol–water partition coefficient (Wildman–Crippen LogP) is 3.21. The summed E-state index contributed by atoms with van der Waals surface area (Å²) >= 11 is 1.81. The third-order valence-corrected chi connectivity index (χ3v) is 5.82. The number of hydrogen-bond acceptors (Lipinski definition) is 5. The average molecular weight is 335 g/mol. The minimum Gasteiger partial charge on any atom is -0.294 e. The second kappa shape index (κ2) is 5.36. The molecule has 5 nitrogen and oxygen atoms in total. The summed E-state index contributed by atoms with van der Waals surface area (Å²) < 4.78 is 1.85. The number of rotatable bonds is 2. The molecule has 24 heavy (non-hydrogen) atoms. The normalized spacial score (nSPS) is 15.2. The van der Waals surface area contributed by atoms with E-state index >= 15 is 0 Å². The van der Waals surface area contributed by atoms with Crippen LogP contribution in [0.2, 0.25) is 0 Å². The smallest absolute Gasteiger partial charge is 0.167 e. The maximum absolute atomic E-state index is 4.75. The molecule has 1 aliphatic heterocycles. The van der Waals surface area contributed by atoms with Crippen LogP contribution < -0.4 is 0 Å². The summed E-state index contributed by atoms with van der Waals surface area (Å²) in [5.74, 6) is 0.898. The van der Waals surface area contributed by atoms with E-state index in [1.807, 2.05) is 22.8 Å². The Balaban J connectivity index is 1.55. The summed E-state index contributed by atoms with van der Waals surface area (Å²) in [4.78, 5) is 14.3. The van der Waals surface area contributed by atoms with E-state index in [1.165, 1.54) is 21.4 Å². The standard InChI is InChI=1S/C18H17N5S/c1-12-21-18-16(17-19-11-20-23(12)17)14-7-8-22(10-15(14)24-18)9-13-5-3-2-4-6-13/h2-6,11H,7-10H2,1H3. The van der Waals surface area contributed by atoms with Crippen molar-refractivity contribution in [2.45, 2.75) is 26.4 Å². The number of hydrogen-bond donors (Lipinski definition) is 0. The van der Waals surface area contributed by atoms with Crippen LogP contribution in [0.15, 0.2) is 36.7 Å². The molecule has 5 rings (SSSR count). The van der Waals surface area contributed by atoms with Gasteiger partial charge in [0.25, 0.3) is 0 Å². The molecule has 0 aliphatic carbocycles. The van der Waals surface area contributed by atoms with E-state index in [2.05, 4.69) is 45.3 Å². The fraction of sp³-hybridized carbons (Fsp3) is 0.278. The van der Waals surface area contributed by atoms with Crippen LogP contribution >= 0.6 is 11.3 Å². The zero-order chi connectivity index (χ0) is 16.1. The second-order valence-electron chi connectivity index (χ2n) is 6.28. The molecule has 6 heteroatoms. The molecule has 0 bridgehead atoms. The van der Waals surface area contributed by atoms with E-state index in [-0.39, 0.29) is 0 Å². The van der Waals surface area contributed by atoms with Gasteiger partial charge in [-0.25, -0.2) is 9.97 Å². The highest BCUT2D eigenvalue weighted by atomic mass is 32.1. The largest absolute Gasteiger partial charge is 0.294 e. The number of nitrogens with zero attached hydrogens (tertiary/aromatic N) is 5. The van der Waals surface area contributed by atoms with Crippen molar-refractivity contribution in [2.75, 3.05) is 6.54 Å². The van der Waals surface area contributed by atoms with Crippen molar-refractivity contribution in [1.29, 1.82) is 0 Å². The van der Waals surface area contributed by atoms with Gasteiger partial charge in [-0.05, 0) is 24.5 Å². The lowest BCUT2D eigenvalue weighted by atomic mass is 10.0. The highest BCUT2D eigenvalue weighted by molar-refractivity contribution is 7.19. The minimum atomic E-state index is 0.898. The monoisotopic (exact) mass is 335 g/mol. The van der Waals surface area contributed by atoms with Crippen LogP contribution in [0.1, 0.15) is 21.8 Å². The van der Waals surface area contributed by atoms with Crippen LogP contribution in [-0.2, 0) is 19.5 Å². The zero-order valence-electron chi connectivity index (χ0n) is 13.4. The third kappa shape index (κ3) is 2.14. The summed E-state index contributed by atoms with van der Waals surface area (Å²) in [6.07, 6.45) is 2.67. The van der Waals surface area contributed by atoms with Gasteiger partial charge in [-0.3, -0.25) is 4.90 Å². The number of thiophene rings is 1. The number of benzene rings is 1. The molecule has 0 amide bonds. The van der Waals surface area contributed by atoms with Gasteiger partial charge in [-0.2, -0.15) is 9.61 Å². The topological polar surface area (TPSA) is 46.3 Å². The highest BCUT2D eigenvalue weighted by Gasteiger charge is 2.24. The van der Waals surface area contributed by atoms with E-state index in [4.69, 9.17) is 4.98 Å². The van der Waals surface area contributed by atoms with Crippen molar-refractivity contribution < 1.29 is 0 Å². The lowest BCUT2D eigenvalue weighted by Crippen LogP contribution is -2.29. The van der Waals surface area contributed by atoms with E-state index in [1.54, 1.807) is 6.33 Å². The van der Waals surface area contributed by atoms with Crippen LogP contribution in [0.5, 0.6) is 0 Å². The first-order valence-corrected chi connectivity index (χ1v) is 8.98. The van der Waals surface area contributed by atoms with Gasteiger partial charge in [-0.1, -0.05) is 30.3 Å². The highest BCUT2D eigenvalue weighted by Crippen LogP contribution is 2.36. The Hall–Kier alpha value is -2.31. The summed E-state index contributed by atoms with van der Waals surface area (Å²) in [5, 5.41) is 5.51. The van der Waals surface area contributed by atoms with Crippen LogP contribution in [0.4, 0.5) is 0 Å². The van der Waals surface area contributed by atoms with Gasteiger partial charge in [-0.15, -0.1) is 11.3 Å². The minimum absolute atomic E-state index is 0.898. The Bertz CT molecular complexity index is 1030. The number of aromatic nitrogens is 4. The molecule has 0 saturated heterocycles. The van der Waals surface area contributed by atoms with Gasteiger partial charge in [0.05, 0.1) is 5.39 Å². The second-order valence-corrected chi connectivity index (χ2v) is 7.37. The van der Waals surface area contributed by atoms with Crippen molar-refractivity contribution in [2.24, 2.45) is 0 Å². The van der Waals surface area contributed by atoms with Crippen LogP contribution in [0, 0.1) is 6.92 Å². The van der Waals surface area contributed by atoms with E-state index < -0.39 is 0 Å². The van der Waals surface area contributed by atoms with E-state index in [9.17, 15) is 0 Å². The summed E-state index contributed by atoms with van der Waals surface area (Å²) in [5.41, 5.74) is 3.74. The summed E-state index contributed by atoms with van der Waals surface area (Å²) in [6.45, 7) is 5.05. The van der Waals surface area contributed by atoms with Gasteiger partial charge >= 0.3 is 0 Å². The SMILES string of the molecule is Cc1nc2sc3c(c2c2ncnn12)CCN(Cc1ccccc1)C3. The first-order chi connectivity index (χ1) is 11.8. The lowest BCUT2D eigenvalue weighted by molar-refractivity contribution is 0.249. The van der Waals surface area contributed by atoms with Crippen LogP contribution in [0.3, 0.4) is 0 Å². The van der Waals surface area contributed by atoms with Crippen LogP contribution in [0.25, 0.3) is 15.9 Å². The fourth-order valence-electron chi connectivity index (χ4n) is 3.57. The fourth-order valence-corrected chi connectivity index (χ4v) is 4.87. The molecule has 0 radical (unpaired) electrons. The Kier molecular flexibility index (Phi) is 3.14. The maximum Gasteiger partial charge on any atom is 0.167 e. The van der Waals surface area contributed by atoms with Gasteiger partial charge in [0, 0.05) is 24.5 Å². The van der Waals surface area contributed by atoms with Crippen molar-refractivity contribution in [1.82, 2.24) is 24.5 Å². The van der Waals surface area contributed by atoms with Crippen molar-refractivity contribution >= 4 is 27.2 Å². The molecule has 0 N–H and O–H groups in total. The molecule has 4 aromatic rings. The van der Waals surface area contributed by atoms with Crippen molar-refractivity contribution in [3.63, 3.8) is 0 Å². The molecular weight excluding hydrogens is 318 g/mol. The Morgan fingerprint density at radius 1 is 1.21 bits per heavy atom. The van der Waals surface area contributed by atoms with E-state index in [0.717, 1.165) is 42.4 Å². The number of aryl methyl sites for hydroxylation is 1. The number of fused-ring (bicyclic) bond motifs is 5. The molecule has 3 aromatic heterocycles. The summed E-state index contributed by atoms with van der Waals surface area (Å²) in [6, 6.07) is 10.7. The molecule has 0 atom stereocenters. The molecule has 4 heterocycles. The van der Waals surface area contributed by atoms with E-state index in [0.29, 0.717) is 0 Å². The summed E-state index contributed by atoms with van der Waals surface area (Å²) in [7, 11) is 0. The molecule has 0 spiro atoms. The molecule has 0 fully saturated rings. The Morgan fingerprint density at radius 3 is 2.96 bits per heavy atom. The van der Waals surface area contributed by atoms with Gasteiger partial charge in [0.2, 0.25) is 0 Å². The lowest BCUT2D eigenvalue weighted by Gasteiger charge is -2.26.